The van der Waals surface area contributed by atoms with Crippen molar-refractivity contribution in [2.45, 2.75) is 25.8 Å². The van der Waals surface area contributed by atoms with Gasteiger partial charge in [-0.25, -0.2) is 0 Å². The third kappa shape index (κ3) is 3.32. The Morgan fingerprint density at radius 2 is 2.00 bits per heavy atom. The molecule has 1 aliphatic rings. The zero-order chi connectivity index (χ0) is 12.0. The van der Waals surface area contributed by atoms with Gasteiger partial charge in [0, 0.05) is 24.5 Å². The molecule has 0 unspecified atom stereocenters. The van der Waals surface area contributed by atoms with E-state index in [1.807, 2.05) is 12.2 Å². The lowest BCUT2D eigenvalue weighted by Crippen LogP contribution is -2.55. The van der Waals surface area contributed by atoms with Crippen LogP contribution in [0.15, 0.2) is 37.0 Å². The Bertz CT molecular complexity index is 270. The number of hydrogen-bond acceptors (Lipinski definition) is 1. The lowest BCUT2D eigenvalue weighted by Gasteiger charge is -2.42. The van der Waals surface area contributed by atoms with E-state index >= 15 is 0 Å². The summed E-state index contributed by atoms with van der Waals surface area (Å²) in [4.78, 5) is 0. The number of nitrogens with zero attached hydrogens (tertiary/aromatic N) is 1. The predicted molar refractivity (Wildman–Crippen MR) is 71.1 cm³/mol. The number of nitrogens with two attached hydrogens (primary N) is 1. The van der Waals surface area contributed by atoms with Crippen LogP contribution in [0.4, 0.5) is 0 Å². The zero-order valence-electron chi connectivity index (χ0n) is 10.5. The Labute approximate surface area is 99.7 Å². The standard InChI is InChI=1S/C14H25N2/c1-4-7-13(5-2)12-16(6-3)10-8-14(15)9-11-16/h4-5,7,14H,1-2,6,8-12,15H2,3H3/q+1/b13-7+. The fraction of sp³-hybridized carbons (Fsp3) is 0.571. The number of piperidine rings is 1. The van der Waals surface area contributed by atoms with Crippen molar-refractivity contribution in [1.29, 1.82) is 0 Å². The van der Waals surface area contributed by atoms with Gasteiger partial charge in [-0.2, -0.15) is 0 Å². The molecule has 0 bridgehead atoms. The van der Waals surface area contributed by atoms with E-state index in [1.165, 1.54) is 25.2 Å². The maximum absolute atomic E-state index is 5.97. The summed E-state index contributed by atoms with van der Waals surface area (Å²) in [5.41, 5.74) is 7.26. The number of hydrogen-bond donors (Lipinski definition) is 1. The van der Waals surface area contributed by atoms with Gasteiger partial charge in [0.25, 0.3) is 0 Å². The fourth-order valence-electron chi connectivity index (χ4n) is 2.45. The highest BCUT2D eigenvalue weighted by atomic mass is 15.4. The highest BCUT2D eigenvalue weighted by molar-refractivity contribution is 5.21. The molecule has 0 aromatic carbocycles. The van der Waals surface area contributed by atoms with Crippen molar-refractivity contribution in [3.8, 4) is 0 Å². The number of likely N-dealkylation sites (tertiary alicyclic amines) is 1. The molecule has 90 valence electrons. The van der Waals surface area contributed by atoms with Crippen LogP contribution in [0.3, 0.4) is 0 Å². The summed E-state index contributed by atoms with van der Waals surface area (Å²) in [6.07, 6.45) is 8.15. The molecule has 1 fully saturated rings. The van der Waals surface area contributed by atoms with E-state index in [0.29, 0.717) is 6.04 Å². The van der Waals surface area contributed by atoms with Gasteiger partial charge in [-0.1, -0.05) is 31.4 Å². The van der Waals surface area contributed by atoms with Crippen molar-refractivity contribution < 1.29 is 4.48 Å². The quantitative estimate of drug-likeness (QED) is 0.559. The second-order valence-electron chi connectivity index (χ2n) is 4.78. The lowest BCUT2D eigenvalue weighted by atomic mass is 10.0. The smallest absolute Gasteiger partial charge is 0.104 e. The molecule has 0 spiro atoms. The van der Waals surface area contributed by atoms with Crippen LogP contribution in [-0.4, -0.2) is 36.7 Å². The summed E-state index contributed by atoms with van der Waals surface area (Å²) in [7, 11) is 0. The molecule has 1 saturated heterocycles. The van der Waals surface area contributed by atoms with Gasteiger partial charge in [-0.05, 0) is 6.92 Å². The van der Waals surface area contributed by atoms with Gasteiger partial charge in [-0.3, -0.25) is 0 Å². The molecule has 2 N–H and O–H groups in total. The SMILES string of the molecule is C=C/C=C(\C=C)C[N+]1(CC)CCC(N)CC1. The molecule has 1 aliphatic heterocycles. The minimum Gasteiger partial charge on any atom is -0.327 e. The van der Waals surface area contributed by atoms with Crippen molar-refractivity contribution in [2.24, 2.45) is 5.73 Å². The average Bonchev–Trinajstić information content (AvgIpc) is 2.32. The lowest BCUT2D eigenvalue weighted by molar-refractivity contribution is -0.926. The second-order valence-corrected chi connectivity index (χ2v) is 4.78. The van der Waals surface area contributed by atoms with E-state index in [1.54, 1.807) is 0 Å². The Morgan fingerprint density at radius 3 is 2.44 bits per heavy atom. The zero-order valence-corrected chi connectivity index (χ0v) is 10.5. The Balaban J connectivity index is 2.70. The number of rotatable bonds is 5. The molecule has 0 radical (unpaired) electrons. The van der Waals surface area contributed by atoms with Crippen LogP contribution in [0.25, 0.3) is 0 Å². The van der Waals surface area contributed by atoms with Gasteiger partial charge in [0.05, 0.1) is 19.6 Å². The van der Waals surface area contributed by atoms with Gasteiger partial charge >= 0.3 is 0 Å². The Hall–Kier alpha value is -0.860. The molecule has 1 heterocycles. The van der Waals surface area contributed by atoms with Crippen LogP contribution >= 0.6 is 0 Å². The van der Waals surface area contributed by atoms with Crippen molar-refractivity contribution in [3.05, 3.63) is 37.0 Å². The first kappa shape index (κ1) is 13.2. The molecule has 16 heavy (non-hydrogen) atoms. The van der Waals surface area contributed by atoms with Crippen LogP contribution in [0, 0.1) is 0 Å². The van der Waals surface area contributed by atoms with Gasteiger partial charge in [0.15, 0.2) is 0 Å². The largest absolute Gasteiger partial charge is 0.327 e. The molecular formula is C14H25N2+. The van der Waals surface area contributed by atoms with E-state index in [-0.39, 0.29) is 0 Å². The molecule has 0 aliphatic carbocycles. The summed E-state index contributed by atoms with van der Waals surface area (Å²) >= 11 is 0. The van der Waals surface area contributed by atoms with Gasteiger partial charge in [0.2, 0.25) is 0 Å². The summed E-state index contributed by atoms with van der Waals surface area (Å²) < 4.78 is 1.15. The highest BCUT2D eigenvalue weighted by Crippen LogP contribution is 2.20. The molecule has 0 atom stereocenters. The molecule has 2 heteroatoms. The minimum atomic E-state index is 0.411. The molecule has 0 aromatic rings. The van der Waals surface area contributed by atoms with Gasteiger partial charge < -0.3 is 10.2 Å². The first-order chi connectivity index (χ1) is 7.65. The number of likely N-dealkylation sites (N-methyl/N-ethyl adjacent to an activating group) is 1. The van der Waals surface area contributed by atoms with Crippen LogP contribution in [0.1, 0.15) is 19.8 Å². The first-order valence-corrected chi connectivity index (χ1v) is 6.20. The Morgan fingerprint density at radius 1 is 1.38 bits per heavy atom. The molecular weight excluding hydrogens is 196 g/mol. The maximum Gasteiger partial charge on any atom is 0.104 e. The first-order valence-electron chi connectivity index (χ1n) is 6.20. The molecule has 2 nitrogen and oxygen atoms in total. The average molecular weight is 221 g/mol. The monoisotopic (exact) mass is 221 g/mol. The summed E-state index contributed by atoms with van der Waals surface area (Å²) in [6.45, 7) is 14.5. The number of quaternary nitrogens is 1. The predicted octanol–water partition coefficient (Wildman–Crippen LogP) is 2.24. The van der Waals surface area contributed by atoms with Crippen LogP contribution in [0.5, 0.6) is 0 Å². The minimum absolute atomic E-state index is 0.411. The fourth-order valence-corrected chi connectivity index (χ4v) is 2.45. The normalized spacial score (nSPS) is 31.1. The Kier molecular flexibility index (Phi) is 4.97. The van der Waals surface area contributed by atoms with E-state index in [9.17, 15) is 0 Å². The van der Waals surface area contributed by atoms with E-state index < -0.39 is 0 Å². The van der Waals surface area contributed by atoms with Crippen molar-refractivity contribution in [2.75, 3.05) is 26.2 Å². The third-order valence-corrected chi connectivity index (χ3v) is 3.73. The molecule has 0 saturated carbocycles. The van der Waals surface area contributed by atoms with E-state index in [0.717, 1.165) is 23.9 Å². The van der Waals surface area contributed by atoms with E-state index in [2.05, 4.69) is 26.2 Å². The molecule has 0 amide bonds. The summed E-state index contributed by atoms with van der Waals surface area (Å²) in [6, 6.07) is 0.411. The van der Waals surface area contributed by atoms with Gasteiger partial charge in [-0.15, -0.1) is 0 Å². The molecule has 0 aromatic heterocycles. The summed E-state index contributed by atoms with van der Waals surface area (Å²) in [5, 5.41) is 0. The number of allylic oxidation sites excluding steroid dienone is 2. The van der Waals surface area contributed by atoms with Crippen molar-refractivity contribution in [1.82, 2.24) is 0 Å². The van der Waals surface area contributed by atoms with Crippen LogP contribution < -0.4 is 5.73 Å². The highest BCUT2D eigenvalue weighted by Gasteiger charge is 2.31. The van der Waals surface area contributed by atoms with Crippen LogP contribution in [0.2, 0.25) is 0 Å². The molecule has 1 rings (SSSR count). The van der Waals surface area contributed by atoms with Crippen molar-refractivity contribution >= 4 is 0 Å². The van der Waals surface area contributed by atoms with Crippen LogP contribution in [-0.2, 0) is 0 Å². The third-order valence-electron chi connectivity index (χ3n) is 3.73. The van der Waals surface area contributed by atoms with Crippen molar-refractivity contribution in [3.63, 3.8) is 0 Å². The maximum atomic E-state index is 5.97. The van der Waals surface area contributed by atoms with E-state index in [4.69, 9.17) is 5.73 Å². The summed E-state index contributed by atoms with van der Waals surface area (Å²) in [5.74, 6) is 0. The topological polar surface area (TPSA) is 26.0 Å². The second kappa shape index (κ2) is 6.02. The van der Waals surface area contributed by atoms with Gasteiger partial charge in [0.1, 0.15) is 6.54 Å².